The van der Waals surface area contributed by atoms with Crippen molar-refractivity contribution in [3.8, 4) is 0 Å². The third-order valence-electron chi connectivity index (χ3n) is 3.50. The van der Waals surface area contributed by atoms with Crippen LogP contribution >= 0.6 is 11.6 Å². The normalized spacial score (nSPS) is 10.8. The third kappa shape index (κ3) is 9.88. The van der Waals surface area contributed by atoms with Gasteiger partial charge in [0.15, 0.2) is 0 Å². The summed E-state index contributed by atoms with van der Waals surface area (Å²) in [6.45, 7) is 3.27. The van der Waals surface area contributed by atoms with E-state index in [1.54, 1.807) is 12.1 Å². The fraction of sp³-hybridized carbons (Fsp3) is 0.611. The number of unbranched alkanes of at least 4 members (excludes halogenated alkanes) is 3. The molecule has 0 heterocycles. The molecule has 136 valence electrons. The van der Waals surface area contributed by atoms with Gasteiger partial charge in [-0.15, -0.1) is 11.6 Å². The van der Waals surface area contributed by atoms with E-state index >= 15 is 0 Å². The average molecular weight is 357 g/mol. The van der Waals surface area contributed by atoms with Gasteiger partial charge in [-0.05, 0) is 30.5 Å². The van der Waals surface area contributed by atoms with E-state index in [-0.39, 0.29) is 5.91 Å². The van der Waals surface area contributed by atoms with Crippen molar-refractivity contribution in [3.63, 3.8) is 0 Å². The molecule has 1 amide bonds. The molecule has 0 bridgehead atoms. The summed E-state index contributed by atoms with van der Waals surface area (Å²) in [7, 11) is 0. The molecule has 1 aromatic rings. The van der Waals surface area contributed by atoms with Gasteiger partial charge in [0.2, 0.25) is 0 Å². The highest BCUT2D eigenvalue weighted by Gasteiger charge is 2.04. The van der Waals surface area contributed by atoms with E-state index in [9.17, 15) is 4.79 Å². The predicted molar refractivity (Wildman–Crippen MR) is 97.5 cm³/mol. The first-order chi connectivity index (χ1) is 11.8. The van der Waals surface area contributed by atoms with Crippen molar-refractivity contribution in [2.75, 3.05) is 38.9 Å². The number of rotatable bonds is 14. The molecule has 1 aromatic carbocycles. The minimum Gasteiger partial charge on any atom is -0.379 e. The standard InChI is InChI=1S/C18H29ClN2O3/c19-8-3-1-2-4-10-23-12-13-24-11-9-21-18(22)17-7-5-6-16(14-17)15-20/h5-7,14H,1-4,8-13,15,20H2,(H,21,22). The lowest BCUT2D eigenvalue weighted by Gasteiger charge is -2.08. The molecule has 0 unspecified atom stereocenters. The second kappa shape index (κ2) is 14.2. The molecule has 0 aromatic heterocycles. The fourth-order valence-corrected chi connectivity index (χ4v) is 2.34. The Labute approximate surface area is 149 Å². The Kier molecular flexibility index (Phi) is 12.4. The van der Waals surface area contributed by atoms with E-state index in [1.165, 1.54) is 0 Å². The van der Waals surface area contributed by atoms with E-state index in [0.717, 1.165) is 43.7 Å². The molecule has 0 radical (unpaired) electrons. The molecule has 0 spiro atoms. The van der Waals surface area contributed by atoms with Crippen molar-refractivity contribution in [2.45, 2.75) is 32.2 Å². The Morgan fingerprint density at radius 1 is 1.04 bits per heavy atom. The van der Waals surface area contributed by atoms with Gasteiger partial charge < -0.3 is 20.5 Å². The number of carbonyl (C=O) groups excluding carboxylic acids is 1. The molecule has 0 atom stereocenters. The highest BCUT2D eigenvalue weighted by molar-refractivity contribution is 6.17. The second-order valence-corrected chi connectivity index (χ2v) is 5.87. The quantitative estimate of drug-likeness (QED) is 0.397. The van der Waals surface area contributed by atoms with Crippen LogP contribution in [0.15, 0.2) is 24.3 Å². The van der Waals surface area contributed by atoms with Crippen LogP contribution in [0.2, 0.25) is 0 Å². The Hall–Kier alpha value is -1.14. The maximum atomic E-state index is 12.0. The number of nitrogens with one attached hydrogen (secondary N) is 1. The molecular weight excluding hydrogens is 328 g/mol. The monoisotopic (exact) mass is 356 g/mol. The Balaban J connectivity index is 1.95. The zero-order valence-corrected chi connectivity index (χ0v) is 15.0. The van der Waals surface area contributed by atoms with Gasteiger partial charge in [-0.2, -0.15) is 0 Å². The summed E-state index contributed by atoms with van der Waals surface area (Å²) >= 11 is 5.61. The van der Waals surface area contributed by atoms with E-state index in [1.807, 2.05) is 12.1 Å². The first kappa shape index (κ1) is 20.9. The van der Waals surface area contributed by atoms with Gasteiger partial charge >= 0.3 is 0 Å². The summed E-state index contributed by atoms with van der Waals surface area (Å²) < 4.78 is 10.9. The number of ether oxygens (including phenoxy) is 2. The summed E-state index contributed by atoms with van der Waals surface area (Å²) in [4.78, 5) is 12.0. The molecule has 3 N–H and O–H groups in total. The highest BCUT2D eigenvalue weighted by Crippen LogP contribution is 2.04. The zero-order valence-electron chi connectivity index (χ0n) is 14.3. The Bertz CT molecular complexity index is 458. The van der Waals surface area contributed by atoms with Gasteiger partial charge in [0.1, 0.15) is 0 Å². The molecule has 5 nitrogen and oxygen atoms in total. The number of alkyl halides is 1. The van der Waals surface area contributed by atoms with Crippen LogP contribution < -0.4 is 11.1 Å². The van der Waals surface area contributed by atoms with Crippen molar-refractivity contribution < 1.29 is 14.3 Å². The summed E-state index contributed by atoms with van der Waals surface area (Å²) in [5.41, 5.74) is 7.13. The fourth-order valence-electron chi connectivity index (χ4n) is 2.15. The van der Waals surface area contributed by atoms with Gasteiger partial charge in [0, 0.05) is 31.1 Å². The smallest absolute Gasteiger partial charge is 0.251 e. The topological polar surface area (TPSA) is 73.6 Å². The number of halogens is 1. The van der Waals surface area contributed by atoms with Crippen LogP contribution in [0.4, 0.5) is 0 Å². The van der Waals surface area contributed by atoms with Gasteiger partial charge in [-0.3, -0.25) is 4.79 Å². The average Bonchev–Trinajstić information content (AvgIpc) is 2.62. The molecule has 24 heavy (non-hydrogen) atoms. The summed E-state index contributed by atoms with van der Waals surface area (Å²) in [5.74, 6) is 0.631. The minimum atomic E-state index is -0.109. The van der Waals surface area contributed by atoms with Gasteiger partial charge in [-0.1, -0.05) is 25.0 Å². The largest absolute Gasteiger partial charge is 0.379 e. The number of hydrogen-bond acceptors (Lipinski definition) is 4. The molecule has 0 aliphatic carbocycles. The first-order valence-corrected chi connectivity index (χ1v) is 9.10. The van der Waals surface area contributed by atoms with Crippen LogP contribution in [-0.4, -0.2) is 44.8 Å². The highest BCUT2D eigenvalue weighted by atomic mass is 35.5. The van der Waals surface area contributed by atoms with E-state index < -0.39 is 0 Å². The maximum absolute atomic E-state index is 12.0. The molecule has 0 aliphatic heterocycles. The summed E-state index contributed by atoms with van der Waals surface area (Å²) in [6, 6.07) is 7.31. The van der Waals surface area contributed by atoms with E-state index in [0.29, 0.717) is 38.5 Å². The summed E-state index contributed by atoms with van der Waals surface area (Å²) in [6.07, 6.45) is 4.46. The zero-order chi connectivity index (χ0) is 17.5. The predicted octanol–water partition coefficient (Wildman–Crippen LogP) is 2.71. The third-order valence-corrected chi connectivity index (χ3v) is 3.77. The number of carbonyl (C=O) groups is 1. The lowest BCUT2D eigenvalue weighted by Crippen LogP contribution is -2.27. The van der Waals surface area contributed by atoms with Crippen molar-refractivity contribution in [2.24, 2.45) is 5.73 Å². The molecule has 0 saturated carbocycles. The molecule has 0 fully saturated rings. The second-order valence-electron chi connectivity index (χ2n) is 5.49. The van der Waals surface area contributed by atoms with Crippen molar-refractivity contribution in [3.05, 3.63) is 35.4 Å². The molecule has 0 aliphatic rings. The van der Waals surface area contributed by atoms with Crippen molar-refractivity contribution in [1.82, 2.24) is 5.32 Å². The van der Waals surface area contributed by atoms with E-state index in [4.69, 9.17) is 26.8 Å². The van der Waals surface area contributed by atoms with Gasteiger partial charge in [0.25, 0.3) is 5.91 Å². The number of hydrogen-bond donors (Lipinski definition) is 2. The first-order valence-electron chi connectivity index (χ1n) is 8.56. The molecule has 6 heteroatoms. The molecular formula is C18H29ClN2O3. The van der Waals surface area contributed by atoms with Crippen LogP contribution in [-0.2, 0) is 16.0 Å². The maximum Gasteiger partial charge on any atom is 0.251 e. The lowest BCUT2D eigenvalue weighted by atomic mass is 10.1. The number of benzene rings is 1. The van der Waals surface area contributed by atoms with Crippen LogP contribution in [0.5, 0.6) is 0 Å². The Morgan fingerprint density at radius 2 is 1.79 bits per heavy atom. The van der Waals surface area contributed by atoms with Crippen LogP contribution in [0.25, 0.3) is 0 Å². The number of nitrogens with two attached hydrogens (primary N) is 1. The summed E-state index contributed by atoms with van der Waals surface area (Å²) in [5, 5.41) is 2.82. The Morgan fingerprint density at radius 3 is 2.54 bits per heavy atom. The van der Waals surface area contributed by atoms with E-state index in [2.05, 4.69) is 5.32 Å². The number of amides is 1. The molecule has 1 rings (SSSR count). The van der Waals surface area contributed by atoms with Gasteiger partial charge in [0.05, 0.1) is 19.8 Å². The van der Waals surface area contributed by atoms with Crippen LogP contribution in [0, 0.1) is 0 Å². The van der Waals surface area contributed by atoms with Gasteiger partial charge in [-0.25, -0.2) is 0 Å². The van der Waals surface area contributed by atoms with Crippen molar-refractivity contribution >= 4 is 17.5 Å². The van der Waals surface area contributed by atoms with Crippen LogP contribution in [0.1, 0.15) is 41.6 Å². The minimum absolute atomic E-state index is 0.109. The lowest BCUT2D eigenvalue weighted by molar-refractivity contribution is 0.0468. The SMILES string of the molecule is NCc1cccc(C(=O)NCCOCCOCCCCCCCl)c1. The van der Waals surface area contributed by atoms with Crippen molar-refractivity contribution in [1.29, 1.82) is 0 Å². The van der Waals surface area contributed by atoms with Crippen LogP contribution in [0.3, 0.4) is 0 Å². The molecule has 0 saturated heterocycles.